The van der Waals surface area contributed by atoms with Crippen molar-refractivity contribution in [3.63, 3.8) is 0 Å². The number of hydrogen-bond acceptors (Lipinski definition) is 2. The molecule has 2 N–H and O–H groups in total. The van der Waals surface area contributed by atoms with Crippen LogP contribution in [0.4, 0.5) is 8.78 Å². The summed E-state index contributed by atoms with van der Waals surface area (Å²) in [6.07, 6.45) is 0.769. The molecule has 104 valence electrons. The fourth-order valence-electron chi connectivity index (χ4n) is 1.48. The molecule has 0 fully saturated rings. The molecule has 1 aromatic rings. The minimum atomic E-state index is -1.23. The first kappa shape index (κ1) is 15.4. The van der Waals surface area contributed by atoms with Crippen LogP contribution in [0.15, 0.2) is 12.1 Å². The van der Waals surface area contributed by atoms with Crippen molar-refractivity contribution in [2.24, 2.45) is 0 Å². The molecule has 0 aliphatic heterocycles. The van der Waals surface area contributed by atoms with E-state index in [-0.39, 0.29) is 17.0 Å². The Morgan fingerprint density at radius 1 is 1.37 bits per heavy atom. The van der Waals surface area contributed by atoms with Crippen molar-refractivity contribution in [2.45, 2.75) is 25.8 Å². The third-order valence-electron chi connectivity index (χ3n) is 2.44. The minimum absolute atomic E-state index is 0.225. The second-order valence-corrected chi connectivity index (χ2v) is 4.31. The molecule has 1 aromatic carbocycles. The maximum atomic E-state index is 13.0. The van der Waals surface area contributed by atoms with Crippen molar-refractivity contribution in [3.05, 3.63) is 34.4 Å². The molecule has 19 heavy (non-hydrogen) atoms. The number of carboxylic acid groups (broad SMARTS) is 1. The van der Waals surface area contributed by atoms with Gasteiger partial charge in [-0.15, -0.1) is 0 Å². The van der Waals surface area contributed by atoms with E-state index in [1.165, 1.54) is 0 Å². The molecule has 7 heteroatoms. The predicted octanol–water partition coefficient (Wildman–Crippen LogP) is 2.60. The van der Waals surface area contributed by atoms with E-state index in [1.54, 1.807) is 6.92 Å². The van der Waals surface area contributed by atoms with Gasteiger partial charge in [-0.2, -0.15) is 0 Å². The Morgan fingerprint density at radius 2 is 1.95 bits per heavy atom. The molecule has 0 heterocycles. The third kappa shape index (κ3) is 3.89. The van der Waals surface area contributed by atoms with E-state index in [9.17, 15) is 18.4 Å². The number of amides is 1. The normalized spacial score (nSPS) is 12.0. The standard InChI is InChI=1S/C12H12ClF2NO3/c1-2-3-10(12(18)19)16-11(17)6-4-8(14)9(15)5-7(6)13/h4-5,10H,2-3H2,1H3,(H,16,17)(H,18,19)/t10-/m1/s1. The molecular formula is C12H12ClF2NO3. The molecule has 0 saturated carbocycles. The van der Waals surface area contributed by atoms with E-state index >= 15 is 0 Å². The summed E-state index contributed by atoms with van der Waals surface area (Å²) in [6.45, 7) is 1.76. The van der Waals surface area contributed by atoms with E-state index in [2.05, 4.69) is 5.32 Å². The molecule has 1 rings (SSSR count). The Labute approximate surface area is 113 Å². The van der Waals surface area contributed by atoms with Crippen molar-refractivity contribution < 1.29 is 23.5 Å². The highest BCUT2D eigenvalue weighted by atomic mass is 35.5. The smallest absolute Gasteiger partial charge is 0.326 e. The summed E-state index contributed by atoms with van der Waals surface area (Å²) in [5.74, 6) is -4.46. The zero-order chi connectivity index (χ0) is 14.6. The zero-order valence-electron chi connectivity index (χ0n) is 10.0. The van der Waals surface area contributed by atoms with E-state index < -0.39 is 29.6 Å². The number of carboxylic acids is 1. The van der Waals surface area contributed by atoms with Gasteiger partial charge in [0.2, 0.25) is 0 Å². The van der Waals surface area contributed by atoms with Crippen LogP contribution in [0, 0.1) is 11.6 Å². The Bertz CT molecular complexity index is 508. The molecule has 0 aliphatic rings. The summed E-state index contributed by atoms with van der Waals surface area (Å²) in [5.41, 5.74) is -0.303. The number of rotatable bonds is 5. The lowest BCUT2D eigenvalue weighted by atomic mass is 10.1. The zero-order valence-corrected chi connectivity index (χ0v) is 10.8. The van der Waals surface area contributed by atoms with Crippen LogP contribution in [0.2, 0.25) is 5.02 Å². The monoisotopic (exact) mass is 291 g/mol. The van der Waals surface area contributed by atoms with Gasteiger partial charge in [0.05, 0.1) is 10.6 Å². The van der Waals surface area contributed by atoms with Crippen LogP contribution in [-0.4, -0.2) is 23.0 Å². The highest BCUT2D eigenvalue weighted by Crippen LogP contribution is 2.20. The Kier molecular flexibility index (Phi) is 5.23. The fourth-order valence-corrected chi connectivity index (χ4v) is 1.71. The first-order chi connectivity index (χ1) is 8.86. The van der Waals surface area contributed by atoms with Gasteiger partial charge in [-0.05, 0) is 18.6 Å². The molecule has 0 bridgehead atoms. The van der Waals surface area contributed by atoms with Gasteiger partial charge < -0.3 is 10.4 Å². The number of halogens is 3. The molecule has 1 amide bonds. The summed E-state index contributed by atoms with van der Waals surface area (Å²) in [5, 5.41) is 10.8. The average molecular weight is 292 g/mol. The van der Waals surface area contributed by atoms with Gasteiger partial charge in [-0.3, -0.25) is 4.79 Å². The number of benzene rings is 1. The van der Waals surface area contributed by atoms with Crippen molar-refractivity contribution >= 4 is 23.5 Å². The molecule has 1 atom stereocenters. The summed E-state index contributed by atoms with van der Waals surface area (Å²) >= 11 is 5.62. The van der Waals surface area contributed by atoms with Gasteiger partial charge in [0.1, 0.15) is 6.04 Å². The van der Waals surface area contributed by atoms with E-state index in [4.69, 9.17) is 16.7 Å². The van der Waals surface area contributed by atoms with Gasteiger partial charge >= 0.3 is 5.97 Å². The van der Waals surface area contributed by atoms with Crippen LogP contribution in [0.25, 0.3) is 0 Å². The Balaban J connectivity index is 2.94. The van der Waals surface area contributed by atoms with Crippen LogP contribution < -0.4 is 5.32 Å². The number of carbonyl (C=O) groups is 2. The molecule has 0 saturated heterocycles. The summed E-state index contributed by atoms with van der Waals surface area (Å²) < 4.78 is 25.9. The van der Waals surface area contributed by atoms with Gasteiger partial charge in [-0.25, -0.2) is 13.6 Å². The lowest BCUT2D eigenvalue weighted by molar-refractivity contribution is -0.139. The fraction of sp³-hybridized carbons (Fsp3) is 0.333. The second kappa shape index (κ2) is 6.47. The van der Waals surface area contributed by atoms with Crippen LogP contribution in [0.1, 0.15) is 30.1 Å². The van der Waals surface area contributed by atoms with Crippen molar-refractivity contribution in [1.82, 2.24) is 5.32 Å². The SMILES string of the molecule is CCC[C@@H](NC(=O)c1cc(F)c(F)cc1Cl)C(=O)O. The van der Waals surface area contributed by atoms with Gasteiger partial charge in [0.15, 0.2) is 11.6 Å². The summed E-state index contributed by atoms with van der Waals surface area (Å²) in [7, 11) is 0. The first-order valence-corrected chi connectivity index (χ1v) is 5.92. The van der Waals surface area contributed by atoms with Crippen LogP contribution in [0.5, 0.6) is 0 Å². The number of hydrogen-bond donors (Lipinski definition) is 2. The number of carbonyl (C=O) groups excluding carboxylic acids is 1. The number of nitrogens with one attached hydrogen (secondary N) is 1. The van der Waals surface area contributed by atoms with Crippen LogP contribution in [-0.2, 0) is 4.79 Å². The maximum Gasteiger partial charge on any atom is 0.326 e. The molecular weight excluding hydrogens is 280 g/mol. The minimum Gasteiger partial charge on any atom is -0.480 e. The summed E-state index contributed by atoms with van der Waals surface area (Å²) in [4.78, 5) is 22.7. The van der Waals surface area contributed by atoms with Gasteiger partial charge in [-0.1, -0.05) is 24.9 Å². The first-order valence-electron chi connectivity index (χ1n) is 5.55. The predicted molar refractivity (Wildman–Crippen MR) is 65.2 cm³/mol. The van der Waals surface area contributed by atoms with E-state index in [0.29, 0.717) is 18.6 Å². The average Bonchev–Trinajstić information content (AvgIpc) is 2.32. The highest BCUT2D eigenvalue weighted by Gasteiger charge is 2.22. The van der Waals surface area contributed by atoms with E-state index in [1.807, 2.05) is 0 Å². The largest absolute Gasteiger partial charge is 0.480 e. The molecule has 0 aromatic heterocycles. The molecule has 0 unspecified atom stereocenters. The lowest BCUT2D eigenvalue weighted by Gasteiger charge is -2.14. The molecule has 0 spiro atoms. The molecule has 4 nitrogen and oxygen atoms in total. The van der Waals surface area contributed by atoms with Crippen LogP contribution in [0.3, 0.4) is 0 Å². The van der Waals surface area contributed by atoms with E-state index in [0.717, 1.165) is 0 Å². The number of aliphatic carboxylic acids is 1. The van der Waals surface area contributed by atoms with Gasteiger partial charge in [0, 0.05) is 0 Å². The van der Waals surface area contributed by atoms with Crippen molar-refractivity contribution in [2.75, 3.05) is 0 Å². The highest BCUT2D eigenvalue weighted by molar-refractivity contribution is 6.33. The second-order valence-electron chi connectivity index (χ2n) is 3.90. The summed E-state index contributed by atoms with van der Waals surface area (Å²) in [6, 6.07) is 0.209. The third-order valence-corrected chi connectivity index (χ3v) is 2.75. The van der Waals surface area contributed by atoms with Crippen molar-refractivity contribution in [1.29, 1.82) is 0 Å². The Hall–Kier alpha value is -1.69. The molecule has 0 aliphatic carbocycles. The lowest BCUT2D eigenvalue weighted by Crippen LogP contribution is -2.40. The quantitative estimate of drug-likeness (QED) is 0.820. The maximum absolute atomic E-state index is 13.0. The van der Waals surface area contributed by atoms with Crippen LogP contribution >= 0.6 is 11.6 Å². The topological polar surface area (TPSA) is 66.4 Å². The van der Waals surface area contributed by atoms with Gasteiger partial charge in [0.25, 0.3) is 5.91 Å². The Morgan fingerprint density at radius 3 is 2.47 bits per heavy atom. The molecule has 0 radical (unpaired) electrons. The van der Waals surface area contributed by atoms with Crippen molar-refractivity contribution in [3.8, 4) is 0 Å².